The lowest BCUT2D eigenvalue weighted by Crippen LogP contribution is -2.29. The molecule has 0 saturated carbocycles. The number of rotatable bonds is 13. The van der Waals surface area contributed by atoms with Gasteiger partial charge in [0, 0.05) is 46.0 Å². The smallest absolute Gasteiger partial charge is 0.137 e. The standard InChI is InChI=1S/C78H49F4NO3/c1-3-48-17-28-61(29-18-48)84-63-32-21-50(22-33-63)77(52-39-54(79)43-55(80)40-52)71-14-8-5-11-65(71)67-36-25-58(45-73(67)77)83(60-27-38-70-69-13-7-10-16-75(69)86-76(70)47-60)59-26-37-68-66-12-6-9-15-72(66)78(74(68)46-59,53-41-56(81)44-57(82)42-53)51-23-34-64(35-24-51)85-62-30-19-49(4-2)20-31-62/h3-47H,1-2H2. The van der Waals surface area contributed by atoms with Crippen LogP contribution in [0.25, 0.3) is 56.3 Å². The fraction of sp³-hybridized carbons (Fsp3) is 0.0256. The third-order valence-electron chi connectivity index (χ3n) is 17.1. The molecule has 2 unspecified atom stereocenters. The van der Waals surface area contributed by atoms with Gasteiger partial charge in [0.2, 0.25) is 0 Å². The van der Waals surface area contributed by atoms with E-state index in [0.29, 0.717) is 51.1 Å². The normalized spacial score (nSPS) is 15.4. The molecule has 0 N–H and O–H groups in total. The SMILES string of the molecule is C=Cc1ccc(Oc2ccc(C3(c4cc(F)cc(F)c4)c4ccccc4-c4ccc(N(c5ccc6c(c5)C(c5ccc(Oc7ccc(C=C)cc7)cc5)(c5cc(F)cc(F)c5)c5ccccc5-6)c5ccc6c(c5)oc5ccccc56)cc43)cc2)cc1. The highest BCUT2D eigenvalue weighted by Crippen LogP contribution is 2.60. The summed E-state index contributed by atoms with van der Waals surface area (Å²) in [5, 5.41) is 1.90. The van der Waals surface area contributed by atoms with Crippen molar-refractivity contribution in [2.24, 2.45) is 0 Å². The topological polar surface area (TPSA) is 34.8 Å². The van der Waals surface area contributed by atoms with Crippen LogP contribution in [0.4, 0.5) is 34.6 Å². The van der Waals surface area contributed by atoms with E-state index in [1.807, 2.05) is 164 Å². The summed E-state index contributed by atoms with van der Waals surface area (Å²) in [7, 11) is 0. The molecule has 0 radical (unpaired) electrons. The van der Waals surface area contributed by atoms with E-state index in [4.69, 9.17) is 13.9 Å². The molecule has 8 heteroatoms. The molecular formula is C78H49F4NO3. The molecule has 86 heavy (non-hydrogen) atoms. The number of anilines is 3. The number of benzene rings is 12. The highest BCUT2D eigenvalue weighted by molar-refractivity contribution is 6.06. The van der Waals surface area contributed by atoms with Gasteiger partial charge in [-0.1, -0.05) is 153 Å². The van der Waals surface area contributed by atoms with Crippen molar-refractivity contribution < 1.29 is 31.5 Å². The largest absolute Gasteiger partial charge is 0.457 e. The van der Waals surface area contributed by atoms with Gasteiger partial charge in [0.25, 0.3) is 0 Å². The Hall–Kier alpha value is -11.0. The van der Waals surface area contributed by atoms with Gasteiger partial charge < -0.3 is 18.8 Å². The molecule has 2 atom stereocenters. The van der Waals surface area contributed by atoms with Gasteiger partial charge in [0.05, 0.1) is 10.8 Å². The van der Waals surface area contributed by atoms with Crippen LogP contribution in [0, 0.1) is 23.3 Å². The Kier molecular flexibility index (Phi) is 12.3. The van der Waals surface area contributed by atoms with Gasteiger partial charge in [-0.3, -0.25) is 0 Å². The maximum Gasteiger partial charge on any atom is 0.137 e. The number of hydrogen-bond donors (Lipinski definition) is 0. The predicted octanol–water partition coefficient (Wildman–Crippen LogP) is 21.2. The summed E-state index contributed by atoms with van der Waals surface area (Å²) in [5.41, 5.74) is 12.0. The molecule has 2 aliphatic rings. The molecule has 412 valence electrons. The number of fused-ring (bicyclic) bond motifs is 9. The van der Waals surface area contributed by atoms with Crippen LogP contribution in [0.2, 0.25) is 0 Å². The van der Waals surface area contributed by atoms with Gasteiger partial charge in [0.1, 0.15) is 57.4 Å². The van der Waals surface area contributed by atoms with Gasteiger partial charge in [-0.2, -0.15) is 0 Å². The van der Waals surface area contributed by atoms with E-state index < -0.39 is 34.1 Å². The van der Waals surface area contributed by atoms with Gasteiger partial charge >= 0.3 is 0 Å². The fourth-order valence-corrected chi connectivity index (χ4v) is 13.4. The lowest BCUT2D eigenvalue weighted by Gasteiger charge is -2.36. The zero-order valence-electron chi connectivity index (χ0n) is 46.1. The van der Waals surface area contributed by atoms with Crippen molar-refractivity contribution in [3.05, 3.63) is 353 Å². The molecule has 0 amide bonds. The zero-order chi connectivity index (χ0) is 58.3. The molecule has 0 bridgehead atoms. The van der Waals surface area contributed by atoms with Crippen molar-refractivity contribution in [3.63, 3.8) is 0 Å². The minimum absolute atomic E-state index is 0.395. The van der Waals surface area contributed by atoms with Gasteiger partial charge in [-0.15, -0.1) is 0 Å². The first-order chi connectivity index (χ1) is 42.1. The Labute approximate surface area is 494 Å². The van der Waals surface area contributed by atoms with Crippen LogP contribution in [0.5, 0.6) is 23.0 Å². The molecule has 2 aliphatic carbocycles. The average Bonchev–Trinajstić information content (AvgIpc) is 1.88. The van der Waals surface area contributed by atoms with Gasteiger partial charge in [0.15, 0.2) is 0 Å². The maximum absolute atomic E-state index is 16.1. The second-order valence-corrected chi connectivity index (χ2v) is 21.8. The van der Waals surface area contributed by atoms with Crippen molar-refractivity contribution in [2.45, 2.75) is 10.8 Å². The molecule has 0 saturated heterocycles. The van der Waals surface area contributed by atoms with Crippen LogP contribution in [-0.4, -0.2) is 0 Å². The zero-order valence-corrected chi connectivity index (χ0v) is 46.1. The Morgan fingerprint density at radius 2 is 0.698 bits per heavy atom. The molecule has 15 rings (SSSR count). The van der Waals surface area contributed by atoms with Crippen LogP contribution in [0.15, 0.2) is 278 Å². The fourth-order valence-electron chi connectivity index (χ4n) is 13.4. The summed E-state index contributed by atoms with van der Waals surface area (Å²) in [6.45, 7) is 7.75. The monoisotopic (exact) mass is 1120 g/mol. The van der Waals surface area contributed by atoms with Crippen LogP contribution in [0.1, 0.15) is 55.6 Å². The molecule has 13 aromatic rings. The third kappa shape index (κ3) is 8.35. The number of halogens is 4. The number of nitrogens with zero attached hydrogens (tertiary/aromatic N) is 1. The minimum Gasteiger partial charge on any atom is -0.457 e. The number of para-hydroxylation sites is 1. The molecule has 4 nitrogen and oxygen atoms in total. The molecule has 12 aromatic carbocycles. The second kappa shape index (κ2) is 20.4. The average molecular weight is 1120 g/mol. The highest BCUT2D eigenvalue weighted by Gasteiger charge is 2.49. The summed E-state index contributed by atoms with van der Waals surface area (Å²) in [6, 6.07) is 80.7. The predicted molar refractivity (Wildman–Crippen MR) is 336 cm³/mol. The van der Waals surface area contributed by atoms with Crippen molar-refractivity contribution in [1.29, 1.82) is 0 Å². The lowest BCUT2D eigenvalue weighted by molar-refractivity contribution is 0.482. The second-order valence-electron chi connectivity index (χ2n) is 21.8. The third-order valence-corrected chi connectivity index (χ3v) is 17.1. The molecule has 0 fully saturated rings. The van der Waals surface area contributed by atoms with E-state index in [0.717, 1.165) is 101 Å². The number of furan rings is 1. The van der Waals surface area contributed by atoms with Crippen molar-refractivity contribution in [3.8, 4) is 45.3 Å². The summed E-state index contributed by atoms with van der Waals surface area (Å²) < 4.78 is 83.7. The van der Waals surface area contributed by atoms with E-state index >= 15 is 17.6 Å². The molecular weight excluding hydrogens is 1070 g/mol. The van der Waals surface area contributed by atoms with E-state index in [9.17, 15) is 0 Å². The first kappa shape index (κ1) is 51.9. The first-order valence-corrected chi connectivity index (χ1v) is 28.2. The Morgan fingerprint density at radius 3 is 1.15 bits per heavy atom. The number of hydrogen-bond acceptors (Lipinski definition) is 4. The van der Waals surface area contributed by atoms with E-state index in [1.165, 1.54) is 24.3 Å². The molecule has 1 heterocycles. The number of ether oxygens (including phenoxy) is 2. The summed E-state index contributed by atoms with van der Waals surface area (Å²) in [6.07, 6.45) is 3.54. The molecule has 0 aliphatic heterocycles. The summed E-state index contributed by atoms with van der Waals surface area (Å²) in [5.74, 6) is -0.447. The van der Waals surface area contributed by atoms with E-state index in [1.54, 1.807) is 12.2 Å². The van der Waals surface area contributed by atoms with E-state index in [-0.39, 0.29) is 0 Å². The van der Waals surface area contributed by atoms with Crippen molar-refractivity contribution >= 4 is 51.2 Å². The first-order valence-electron chi connectivity index (χ1n) is 28.2. The minimum atomic E-state index is -1.27. The lowest BCUT2D eigenvalue weighted by atomic mass is 9.67. The van der Waals surface area contributed by atoms with Crippen molar-refractivity contribution in [2.75, 3.05) is 4.90 Å². The Bertz CT molecular complexity index is 4570. The van der Waals surface area contributed by atoms with Crippen LogP contribution < -0.4 is 14.4 Å². The Balaban J connectivity index is 0.959. The van der Waals surface area contributed by atoms with Gasteiger partial charge in [-0.05, 0) is 193 Å². The molecule has 0 spiro atoms. The van der Waals surface area contributed by atoms with Crippen LogP contribution >= 0.6 is 0 Å². The summed E-state index contributed by atoms with van der Waals surface area (Å²) in [4.78, 5) is 2.15. The maximum atomic E-state index is 16.1. The summed E-state index contributed by atoms with van der Waals surface area (Å²) >= 11 is 0. The van der Waals surface area contributed by atoms with Crippen LogP contribution in [0.3, 0.4) is 0 Å². The highest BCUT2D eigenvalue weighted by atomic mass is 19.1. The van der Waals surface area contributed by atoms with E-state index in [2.05, 4.69) is 78.7 Å². The van der Waals surface area contributed by atoms with Gasteiger partial charge in [-0.25, -0.2) is 17.6 Å². The molecule has 1 aromatic heterocycles. The van der Waals surface area contributed by atoms with Crippen molar-refractivity contribution in [1.82, 2.24) is 0 Å². The Morgan fingerprint density at radius 1 is 0.326 bits per heavy atom. The van der Waals surface area contributed by atoms with Crippen LogP contribution in [-0.2, 0) is 10.8 Å². The quantitative estimate of drug-likeness (QED) is 0.108.